The van der Waals surface area contributed by atoms with Gasteiger partial charge in [-0.2, -0.15) is 14.6 Å². The van der Waals surface area contributed by atoms with Gasteiger partial charge in [-0.3, -0.25) is 4.90 Å². The molecule has 4 rings (SSSR count). The molecule has 1 unspecified atom stereocenters. The van der Waals surface area contributed by atoms with Crippen molar-refractivity contribution in [2.45, 2.75) is 13.0 Å². The first-order chi connectivity index (χ1) is 12.7. The normalized spacial score (nSPS) is 16.7. The number of nitrogens with one attached hydrogen (secondary N) is 1. The van der Waals surface area contributed by atoms with E-state index in [0.29, 0.717) is 12.3 Å². The third-order valence-corrected chi connectivity index (χ3v) is 4.95. The van der Waals surface area contributed by atoms with Crippen LogP contribution in [0.2, 0.25) is 5.02 Å². The lowest BCUT2D eigenvalue weighted by Gasteiger charge is -2.35. The monoisotopic (exact) mass is 372 g/mol. The molecular formula is C18H21ClN6O. The van der Waals surface area contributed by atoms with Crippen LogP contribution in [-0.4, -0.2) is 57.3 Å². The van der Waals surface area contributed by atoms with Gasteiger partial charge >= 0.3 is 0 Å². The zero-order chi connectivity index (χ0) is 17.9. The summed E-state index contributed by atoms with van der Waals surface area (Å²) in [6.07, 6.45) is 1.51. The maximum absolute atomic E-state index is 6.50. The van der Waals surface area contributed by atoms with E-state index in [1.54, 1.807) is 4.52 Å². The van der Waals surface area contributed by atoms with Crippen LogP contribution in [0.4, 0.5) is 5.82 Å². The van der Waals surface area contributed by atoms with Gasteiger partial charge in [-0.25, -0.2) is 4.98 Å². The quantitative estimate of drug-likeness (QED) is 0.742. The Morgan fingerprint density at radius 3 is 2.88 bits per heavy atom. The number of hydrogen-bond acceptors (Lipinski definition) is 6. The van der Waals surface area contributed by atoms with Gasteiger partial charge < -0.3 is 10.1 Å². The van der Waals surface area contributed by atoms with Gasteiger partial charge in [0.15, 0.2) is 0 Å². The summed E-state index contributed by atoms with van der Waals surface area (Å²) in [5.74, 6) is 1.46. The highest BCUT2D eigenvalue weighted by Crippen LogP contribution is 2.28. The molecule has 1 N–H and O–H groups in total. The summed E-state index contributed by atoms with van der Waals surface area (Å²) in [6.45, 7) is 5.89. The van der Waals surface area contributed by atoms with Crippen molar-refractivity contribution in [3.63, 3.8) is 0 Å². The van der Waals surface area contributed by atoms with Crippen molar-refractivity contribution in [1.29, 1.82) is 0 Å². The molecule has 1 saturated heterocycles. The van der Waals surface area contributed by atoms with E-state index in [-0.39, 0.29) is 6.04 Å². The summed E-state index contributed by atoms with van der Waals surface area (Å²) in [5, 5.41) is 8.56. The third kappa shape index (κ3) is 3.51. The second-order valence-electron chi connectivity index (χ2n) is 6.32. The molecule has 0 bridgehead atoms. The number of anilines is 1. The Labute approximate surface area is 157 Å². The molecule has 1 fully saturated rings. The summed E-state index contributed by atoms with van der Waals surface area (Å²) < 4.78 is 7.23. The fourth-order valence-corrected chi connectivity index (χ4v) is 3.59. The van der Waals surface area contributed by atoms with Crippen molar-refractivity contribution in [3.05, 3.63) is 52.9 Å². The Morgan fingerprint density at radius 2 is 2.08 bits per heavy atom. The van der Waals surface area contributed by atoms with Gasteiger partial charge in [-0.05, 0) is 18.6 Å². The molecule has 3 aromatic rings. The van der Waals surface area contributed by atoms with Crippen LogP contribution in [0, 0.1) is 6.92 Å². The molecule has 0 amide bonds. The molecule has 0 aliphatic carbocycles. The van der Waals surface area contributed by atoms with Crippen molar-refractivity contribution >= 4 is 23.2 Å². The third-order valence-electron chi connectivity index (χ3n) is 4.61. The summed E-state index contributed by atoms with van der Waals surface area (Å²) >= 11 is 6.50. The SMILES string of the molecule is Cc1cc(NCC(c2ccccc2Cl)N2CCOCC2)n2ncnc2n1. The molecule has 0 radical (unpaired) electrons. The molecule has 3 heterocycles. The van der Waals surface area contributed by atoms with E-state index in [1.165, 1.54) is 6.33 Å². The second-order valence-corrected chi connectivity index (χ2v) is 6.73. The minimum Gasteiger partial charge on any atom is -0.379 e. The number of nitrogens with zero attached hydrogens (tertiary/aromatic N) is 5. The van der Waals surface area contributed by atoms with E-state index in [2.05, 4.69) is 31.3 Å². The maximum Gasteiger partial charge on any atom is 0.254 e. The van der Waals surface area contributed by atoms with E-state index < -0.39 is 0 Å². The highest BCUT2D eigenvalue weighted by atomic mass is 35.5. The minimum absolute atomic E-state index is 0.139. The Hall–Kier alpha value is -2.22. The van der Waals surface area contributed by atoms with Crippen LogP contribution in [-0.2, 0) is 4.74 Å². The van der Waals surface area contributed by atoms with Gasteiger partial charge in [0, 0.05) is 36.4 Å². The standard InChI is InChI=1S/C18H21ClN6O/c1-13-10-17(25-18(23-13)21-12-22-25)20-11-16(24-6-8-26-9-7-24)14-4-2-3-5-15(14)19/h2-5,10,12,16,20H,6-9,11H2,1H3. The van der Waals surface area contributed by atoms with Crippen LogP contribution in [0.15, 0.2) is 36.7 Å². The van der Waals surface area contributed by atoms with Crippen molar-refractivity contribution in [3.8, 4) is 0 Å². The number of hydrogen-bond donors (Lipinski definition) is 1. The van der Waals surface area contributed by atoms with Gasteiger partial charge in [-0.15, -0.1) is 0 Å². The Bertz CT molecular complexity index is 892. The smallest absolute Gasteiger partial charge is 0.254 e. The number of benzene rings is 1. The predicted octanol–water partition coefficient (Wildman–Crippen LogP) is 2.57. The maximum atomic E-state index is 6.50. The first kappa shape index (κ1) is 17.2. The lowest BCUT2D eigenvalue weighted by molar-refractivity contribution is 0.0187. The molecule has 0 spiro atoms. The summed E-state index contributed by atoms with van der Waals surface area (Å²) in [6, 6.07) is 10.1. The summed E-state index contributed by atoms with van der Waals surface area (Å²) in [5.41, 5.74) is 2.01. The topological polar surface area (TPSA) is 67.6 Å². The number of fused-ring (bicyclic) bond motifs is 1. The van der Waals surface area contributed by atoms with Crippen LogP contribution in [0.3, 0.4) is 0 Å². The molecule has 0 saturated carbocycles. The lowest BCUT2D eigenvalue weighted by Crippen LogP contribution is -2.41. The zero-order valence-corrected chi connectivity index (χ0v) is 15.4. The van der Waals surface area contributed by atoms with Gasteiger partial charge in [-0.1, -0.05) is 29.8 Å². The molecule has 1 atom stereocenters. The number of aromatic nitrogens is 4. The largest absolute Gasteiger partial charge is 0.379 e. The molecule has 1 aliphatic heterocycles. The first-order valence-corrected chi connectivity index (χ1v) is 9.07. The van der Waals surface area contributed by atoms with E-state index in [4.69, 9.17) is 16.3 Å². The highest BCUT2D eigenvalue weighted by Gasteiger charge is 2.24. The van der Waals surface area contributed by atoms with Crippen LogP contribution in [0.25, 0.3) is 5.78 Å². The van der Waals surface area contributed by atoms with Crippen molar-refractivity contribution in [1.82, 2.24) is 24.5 Å². The Kier molecular flexibility index (Phi) is 5.01. The van der Waals surface area contributed by atoms with Crippen LogP contribution >= 0.6 is 11.6 Å². The average Bonchev–Trinajstić information content (AvgIpc) is 3.12. The number of aryl methyl sites for hydroxylation is 1. The molecular weight excluding hydrogens is 352 g/mol. The lowest BCUT2D eigenvalue weighted by atomic mass is 10.0. The van der Waals surface area contributed by atoms with E-state index in [9.17, 15) is 0 Å². The second kappa shape index (κ2) is 7.57. The van der Waals surface area contributed by atoms with E-state index in [0.717, 1.165) is 48.4 Å². The van der Waals surface area contributed by atoms with Crippen LogP contribution in [0.5, 0.6) is 0 Å². The molecule has 26 heavy (non-hydrogen) atoms. The van der Waals surface area contributed by atoms with Gasteiger partial charge in [0.1, 0.15) is 12.1 Å². The molecule has 7 nitrogen and oxygen atoms in total. The number of halogens is 1. The molecule has 1 aromatic carbocycles. The fraction of sp³-hybridized carbons (Fsp3) is 0.389. The first-order valence-electron chi connectivity index (χ1n) is 8.70. The highest BCUT2D eigenvalue weighted by molar-refractivity contribution is 6.31. The van der Waals surface area contributed by atoms with Crippen molar-refractivity contribution < 1.29 is 4.74 Å². The van der Waals surface area contributed by atoms with Crippen molar-refractivity contribution in [2.75, 3.05) is 38.2 Å². The van der Waals surface area contributed by atoms with E-state index >= 15 is 0 Å². The van der Waals surface area contributed by atoms with Crippen molar-refractivity contribution in [2.24, 2.45) is 0 Å². The minimum atomic E-state index is 0.139. The Morgan fingerprint density at radius 1 is 1.27 bits per heavy atom. The van der Waals surface area contributed by atoms with Crippen LogP contribution < -0.4 is 5.32 Å². The molecule has 8 heteroatoms. The number of rotatable bonds is 5. The fourth-order valence-electron chi connectivity index (χ4n) is 3.33. The summed E-state index contributed by atoms with van der Waals surface area (Å²) in [7, 11) is 0. The number of ether oxygens (including phenoxy) is 1. The van der Waals surface area contributed by atoms with Crippen LogP contribution in [0.1, 0.15) is 17.3 Å². The number of morpholine rings is 1. The zero-order valence-electron chi connectivity index (χ0n) is 14.6. The van der Waals surface area contributed by atoms with Gasteiger partial charge in [0.25, 0.3) is 5.78 Å². The van der Waals surface area contributed by atoms with Gasteiger partial charge in [0.2, 0.25) is 0 Å². The molecule has 1 aliphatic rings. The summed E-state index contributed by atoms with van der Waals surface area (Å²) in [4.78, 5) is 11.0. The predicted molar refractivity (Wildman–Crippen MR) is 101 cm³/mol. The average molecular weight is 373 g/mol. The molecule has 2 aromatic heterocycles. The Balaban J connectivity index is 1.62. The van der Waals surface area contributed by atoms with Gasteiger partial charge in [0.05, 0.1) is 19.3 Å². The molecule has 136 valence electrons. The van der Waals surface area contributed by atoms with E-state index in [1.807, 2.05) is 31.2 Å².